The van der Waals surface area contributed by atoms with Crippen LogP contribution in [-0.4, -0.2) is 5.96 Å². The quantitative estimate of drug-likeness (QED) is 0.643. The van der Waals surface area contributed by atoms with Crippen molar-refractivity contribution in [1.82, 2.24) is 0 Å². The summed E-state index contributed by atoms with van der Waals surface area (Å²) in [7, 11) is 0. The van der Waals surface area contributed by atoms with E-state index in [9.17, 15) is 0 Å². The van der Waals surface area contributed by atoms with E-state index in [0.29, 0.717) is 12.5 Å². The number of hydrogen-bond donors (Lipinski definition) is 2. The first-order chi connectivity index (χ1) is 8.63. The van der Waals surface area contributed by atoms with Crippen LogP contribution in [0.3, 0.4) is 0 Å². The highest BCUT2D eigenvalue weighted by Gasteiger charge is 1.98. The molecule has 0 saturated carbocycles. The summed E-state index contributed by atoms with van der Waals surface area (Å²) in [6.07, 6.45) is 1.62. The number of anilines is 1. The summed E-state index contributed by atoms with van der Waals surface area (Å²) in [5.74, 6) is 1.18. The Labute approximate surface area is 107 Å². The molecule has 0 amide bonds. The summed E-state index contributed by atoms with van der Waals surface area (Å²) in [6, 6.07) is 9.87. The maximum Gasteiger partial charge on any atom is 0.193 e. The Kier molecular flexibility index (Phi) is 3.67. The van der Waals surface area contributed by atoms with E-state index in [1.54, 1.807) is 6.26 Å². The maximum atomic E-state index is 5.82. The van der Waals surface area contributed by atoms with Gasteiger partial charge in [-0.05, 0) is 49.2 Å². The average molecular weight is 243 g/mol. The zero-order valence-electron chi connectivity index (χ0n) is 10.6. The standard InChI is InChI=1S/C14H17N3O/c1-10-6-11(2)8-12(7-10)17-14(15)16-9-13-4-3-5-18-13/h3-8H,9H2,1-2H3,(H3,15,16,17). The lowest BCUT2D eigenvalue weighted by molar-refractivity contribution is 0.513. The molecule has 0 fully saturated rings. The minimum Gasteiger partial charge on any atom is -0.467 e. The molecule has 0 spiro atoms. The number of aryl methyl sites for hydroxylation is 2. The van der Waals surface area contributed by atoms with E-state index in [1.165, 1.54) is 11.1 Å². The summed E-state index contributed by atoms with van der Waals surface area (Å²) in [5, 5.41) is 3.07. The lowest BCUT2D eigenvalue weighted by atomic mass is 10.1. The van der Waals surface area contributed by atoms with Crippen LogP contribution >= 0.6 is 0 Å². The highest BCUT2D eigenvalue weighted by atomic mass is 16.3. The molecule has 0 aliphatic rings. The molecule has 0 bridgehead atoms. The average Bonchev–Trinajstić information content (AvgIpc) is 2.77. The summed E-state index contributed by atoms with van der Waals surface area (Å²) in [5.41, 5.74) is 9.15. The third kappa shape index (κ3) is 3.38. The van der Waals surface area contributed by atoms with Crippen LogP contribution in [0.25, 0.3) is 0 Å². The molecule has 0 aliphatic carbocycles. The number of nitrogens with one attached hydrogen (secondary N) is 1. The number of nitrogens with zero attached hydrogens (tertiary/aromatic N) is 1. The van der Waals surface area contributed by atoms with Crippen LogP contribution in [-0.2, 0) is 6.54 Å². The van der Waals surface area contributed by atoms with Gasteiger partial charge < -0.3 is 15.5 Å². The van der Waals surface area contributed by atoms with Gasteiger partial charge in [0.05, 0.1) is 6.26 Å². The minimum atomic E-state index is 0.386. The van der Waals surface area contributed by atoms with Crippen LogP contribution in [0.15, 0.2) is 46.0 Å². The lowest BCUT2D eigenvalue weighted by Gasteiger charge is -2.07. The van der Waals surface area contributed by atoms with E-state index >= 15 is 0 Å². The number of benzene rings is 1. The molecule has 3 N–H and O–H groups in total. The summed E-state index contributed by atoms with van der Waals surface area (Å²) < 4.78 is 5.18. The van der Waals surface area contributed by atoms with E-state index in [0.717, 1.165) is 11.4 Å². The molecule has 0 unspecified atom stereocenters. The predicted octanol–water partition coefficient (Wildman–Crippen LogP) is 2.82. The second-order valence-electron chi connectivity index (χ2n) is 4.28. The minimum absolute atomic E-state index is 0.386. The van der Waals surface area contributed by atoms with Gasteiger partial charge in [0.25, 0.3) is 0 Å². The molecule has 0 atom stereocenters. The Morgan fingerprint density at radius 2 is 2.00 bits per heavy atom. The molecule has 4 nitrogen and oxygen atoms in total. The van der Waals surface area contributed by atoms with Gasteiger partial charge in [-0.1, -0.05) is 6.07 Å². The third-order valence-corrected chi connectivity index (χ3v) is 2.48. The van der Waals surface area contributed by atoms with Gasteiger partial charge in [-0.3, -0.25) is 0 Å². The van der Waals surface area contributed by atoms with Gasteiger partial charge >= 0.3 is 0 Å². The fourth-order valence-corrected chi connectivity index (χ4v) is 1.80. The van der Waals surface area contributed by atoms with Gasteiger partial charge in [-0.2, -0.15) is 0 Å². The molecule has 2 aromatic rings. The zero-order valence-corrected chi connectivity index (χ0v) is 10.6. The van der Waals surface area contributed by atoms with Gasteiger partial charge in [0.2, 0.25) is 0 Å². The fourth-order valence-electron chi connectivity index (χ4n) is 1.80. The molecular formula is C14H17N3O. The Hall–Kier alpha value is -2.23. The van der Waals surface area contributed by atoms with Crippen LogP contribution < -0.4 is 11.1 Å². The SMILES string of the molecule is Cc1cc(C)cc(NC(N)=NCc2ccco2)c1. The topological polar surface area (TPSA) is 63.5 Å². The zero-order chi connectivity index (χ0) is 13.0. The van der Waals surface area contributed by atoms with Crippen molar-refractivity contribution in [2.75, 3.05) is 5.32 Å². The predicted molar refractivity (Wildman–Crippen MR) is 73.6 cm³/mol. The van der Waals surface area contributed by atoms with Gasteiger partial charge in [0.1, 0.15) is 12.3 Å². The summed E-state index contributed by atoms with van der Waals surface area (Å²) >= 11 is 0. The normalized spacial score (nSPS) is 11.6. The van der Waals surface area contributed by atoms with Crippen LogP contribution in [0.2, 0.25) is 0 Å². The van der Waals surface area contributed by atoms with Crippen molar-refractivity contribution in [3.05, 3.63) is 53.5 Å². The first-order valence-corrected chi connectivity index (χ1v) is 5.81. The highest BCUT2D eigenvalue weighted by Crippen LogP contribution is 2.13. The van der Waals surface area contributed by atoms with Crippen LogP contribution in [0.5, 0.6) is 0 Å². The molecule has 1 heterocycles. The molecular weight excluding hydrogens is 226 g/mol. The van der Waals surface area contributed by atoms with E-state index in [1.807, 2.05) is 38.1 Å². The highest BCUT2D eigenvalue weighted by molar-refractivity contribution is 5.92. The van der Waals surface area contributed by atoms with Crippen LogP contribution in [0.1, 0.15) is 16.9 Å². The molecule has 0 radical (unpaired) electrons. The van der Waals surface area contributed by atoms with Crippen molar-refractivity contribution in [2.24, 2.45) is 10.7 Å². The smallest absolute Gasteiger partial charge is 0.193 e. The number of hydrogen-bond acceptors (Lipinski definition) is 2. The third-order valence-electron chi connectivity index (χ3n) is 2.48. The second kappa shape index (κ2) is 5.40. The van der Waals surface area contributed by atoms with E-state index in [4.69, 9.17) is 10.2 Å². The van der Waals surface area contributed by atoms with Crippen LogP contribution in [0, 0.1) is 13.8 Å². The molecule has 4 heteroatoms. The van der Waals surface area contributed by atoms with Gasteiger partial charge in [-0.25, -0.2) is 4.99 Å². The monoisotopic (exact) mass is 243 g/mol. The largest absolute Gasteiger partial charge is 0.467 e. The number of aliphatic imine (C=N–C) groups is 1. The maximum absolute atomic E-state index is 5.82. The first-order valence-electron chi connectivity index (χ1n) is 5.81. The van der Waals surface area contributed by atoms with Crippen molar-refractivity contribution in [3.63, 3.8) is 0 Å². The number of rotatable bonds is 3. The molecule has 2 rings (SSSR count). The Morgan fingerprint density at radius 1 is 1.28 bits per heavy atom. The molecule has 0 aliphatic heterocycles. The van der Waals surface area contributed by atoms with Crippen LogP contribution in [0.4, 0.5) is 5.69 Å². The number of nitrogens with two attached hydrogens (primary N) is 1. The van der Waals surface area contributed by atoms with Gasteiger partial charge in [-0.15, -0.1) is 0 Å². The molecule has 1 aromatic carbocycles. The molecule has 1 aromatic heterocycles. The summed E-state index contributed by atoms with van der Waals surface area (Å²) in [4.78, 5) is 4.21. The van der Waals surface area contributed by atoms with E-state index < -0.39 is 0 Å². The van der Waals surface area contributed by atoms with Crippen molar-refractivity contribution in [3.8, 4) is 0 Å². The van der Waals surface area contributed by atoms with Crippen molar-refractivity contribution in [2.45, 2.75) is 20.4 Å². The summed E-state index contributed by atoms with van der Waals surface area (Å²) in [6.45, 7) is 4.54. The Balaban J connectivity index is 2.02. The number of furan rings is 1. The first kappa shape index (κ1) is 12.2. The number of guanidine groups is 1. The Morgan fingerprint density at radius 3 is 2.61 bits per heavy atom. The van der Waals surface area contributed by atoms with Crippen molar-refractivity contribution in [1.29, 1.82) is 0 Å². The van der Waals surface area contributed by atoms with E-state index in [-0.39, 0.29) is 0 Å². The van der Waals surface area contributed by atoms with Gasteiger partial charge in [0, 0.05) is 5.69 Å². The molecule has 0 saturated heterocycles. The van der Waals surface area contributed by atoms with E-state index in [2.05, 4.69) is 16.4 Å². The second-order valence-corrected chi connectivity index (χ2v) is 4.28. The van der Waals surface area contributed by atoms with Gasteiger partial charge in [0.15, 0.2) is 5.96 Å². The molecule has 18 heavy (non-hydrogen) atoms. The van der Waals surface area contributed by atoms with Crippen molar-refractivity contribution >= 4 is 11.6 Å². The fraction of sp³-hybridized carbons (Fsp3) is 0.214. The van der Waals surface area contributed by atoms with Crippen molar-refractivity contribution < 1.29 is 4.42 Å². The molecule has 94 valence electrons. The Bertz CT molecular complexity index is 524. The lowest BCUT2D eigenvalue weighted by Crippen LogP contribution is -2.22.